The van der Waals surface area contributed by atoms with Gasteiger partial charge in [-0.05, 0) is 42.9 Å². The number of carbonyl (C=O) groups excluding carboxylic acids is 1. The van der Waals surface area contributed by atoms with Crippen LogP contribution in [-0.2, 0) is 21.4 Å². The van der Waals surface area contributed by atoms with Gasteiger partial charge in [0.05, 0.1) is 17.9 Å². The van der Waals surface area contributed by atoms with Gasteiger partial charge in [-0.3, -0.25) is 4.79 Å². The normalized spacial score (nSPS) is 11.1. The Kier molecular flexibility index (Phi) is 6.81. The lowest BCUT2D eigenvalue weighted by Crippen LogP contribution is -2.24. The Balaban J connectivity index is 1.81. The van der Waals surface area contributed by atoms with Crippen molar-refractivity contribution in [3.8, 4) is 5.75 Å². The summed E-state index contributed by atoms with van der Waals surface area (Å²) < 4.78 is 31.2. The van der Waals surface area contributed by atoms with Crippen molar-refractivity contribution in [3.63, 3.8) is 0 Å². The molecule has 2 aromatic rings. The lowest BCUT2D eigenvalue weighted by atomic mass is 10.2. The zero-order valence-corrected chi connectivity index (χ0v) is 15.2. The topological polar surface area (TPSA) is 84.5 Å². The lowest BCUT2D eigenvalue weighted by Gasteiger charge is -2.09. The average molecular weight is 383 g/mol. The van der Waals surface area contributed by atoms with Crippen LogP contribution in [0.5, 0.6) is 5.75 Å². The van der Waals surface area contributed by atoms with Crippen molar-refractivity contribution in [1.82, 2.24) is 10.0 Å². The SMILES string of the molecule is CNS(=O)(=O)c1cccc(CNC(=O)CCOc2cccc(Cl)c2)c1. The van der Waals surface area contributed by atoms with Crippen molar-refractivity contribution in [2.45, 2.75) is 17.9 Å². The van der Waals surface area contributed by atoms with Gasteiger partial charge in [-0.15, -0.1) is 0 Å². The van der Waals surface area contributed by atoms with E-state index >= 15 is 0 Å². The summed E-state index contributed by atoms with van der Waals surface area (Å²) in [4.78, 5) is 12.0. The van der Waals surface area contributed by atoms with Gasteiger partial charge in [0.15, 0.2) is 0 Å². The van der Waals surface area contributed by atoms with Crippen molar-refractivity contribution in [3.05, 3.63) is 59.1 Å². The minimum atomic E-state index is -3.50. The smallest absolute Gasteiger partial charge is 0.240 e. The van der Waals surface area contributed by atoms with Gasteiger partial charge in [0.25, 0.3) is 0 Å². The van der Waals surface area contributed by atoms with E-state index in [1.807, 2.05) is 0 Å². The van der Waals surface area contributed by atoms with E-state index < -0.39 is 10.0 Å². The van der Waals surface area contributed by atoms with Gasteiger partial charge in [0, 0.05) is 11.6 Å². The highest BCUT2D eigenvalue weighted by Gasteiger charge is 2.11. The molecular formula is C17H19ClN2O4S. The first-order valence-corrected chi connectivity index (χ1v) is 9.44. The highest BCUT2D eigenvalue weighted by molar-refractivity contribution is 7.89. The number of benzene rings is 2. The minimum absolute atomic E-state index is 0.158. The molecule has 2 aromatic carbocycles. The molecule has 0 heterocycles. The Morgan fingerprint density at radius 2 is 1.92 bits per heavy atom. The molecule has 0 spiro atoms. The van der Waals surface area contributed by atoms with Crippen LogP contribution in [0, 0.1) is 0 Å². The molecule has 0 aromatic heterocycles. The van der Waals surface area contributed by atoms with Crippen LogP contribution in [0.15, 0.2) is 53.4 Å². The van der Waals surface area contributed by atoms with Crippen molar-refractivity contribution in [2.24, 2.45) is 0 Å². The second-order valence-electron chi connectivity index (χ2n) is 5.19. The molecule has 0 atom stereocenters. The van der Waals surface area contributed by atoms with E-state index in [1.54, 1.807) is 36.4 Å². The fourth-order valence-electron chi connectivity index (χ4n) is 2.05. The van der Waals surface area contributed by atoms with Crippen LogP contribution in [0.3, 0.4) is 0 Å². The fourth-order valence-corrected chi connectivity index (χ4v) is 3.03. The molecule has 134 valence electrons. The predicted octanol–water partition coefficient (Wildman–Crippen LogP) is 2.33. The Bertz CT molecular complexity index is 840. The third-order valence-corrected chi connectivity index (χ3v) is 5.01. The van der Waals surface area contributed by atoms with Crippen molar-refractivity contribution in [2.75, 3.05) is 13.7 Å². The third-order valence-electron chi connectivity index (χ3n) is 3.36. The van der Waals surface area contributed by atoms with Crippen LogP contribution in [0.1, 0.15) is 12.0 Å². The maximum atomic E-state index is 11.9. The third kappa shape index (κ3) is 6.04. The highest BCUT2D eigenvalue weighted by Crippen LogP contribution is 2.17. The molecule has 8 heteroatoms. The molecule has 6 nitrogen and oxygen atoms in total. The summed E-state index contributed by atoms with van der Waals surface area (Å²) >= 11 is 5.85. The van der Waals surface area contributed by atoms with E-state index in [1.165, 1.54) is 19.2 Å². The highest BCUT2D eigenvalue weighted by atomic mass is 35.5. The van der Waals surface area contributed by atoms with Crippen LogP contribution >= 0.6 is 11.6 Å². The summed E-state index contributed by atoms with van der Waals surface area (Å²) in [7, 11) is -2.15. The van der Waals surface area contributed by atoms with Gasteiger partial charge >= 0.3 is 0 Å². The molecule has 0 saturated carbocycles. The summed E-state index contributed by atoms with van der Waals surface area (Å²) in [5, 5.41) is 3.30. The van der Waals surface area contributed by atoms with Crippen molar-refractivity contribution in [1.29, 1.82) is 0 Å². The zero-order chi connectivity index (χ0) is 18.3. The van der Waals surface area contributed by atoms with Gasteiger partial charge in [-0.25, -0.2) is 13.1 Å². The van der Waals surface area contributed by atoms with Crippen LogP contribution < -0.4 is 14.8 Å². The minimum Gasteiger partial charge on any atom is -0.493 e. The van der Waals surface area contributed by atoms with E-state index in [2.05, 4.69) is 10.0 Å². The Hall–Kier alpha value is -2.09. The van der Waals surface area contributed by atoms with Gasteiger partial charge in [0.1, 0.15) is 5.75 Å². The van der Waals surface area contributed by atoms with Crippen molar-refractivity contribution < 1.29 is 17.9 Å². The molecule has 0 saturated heterocycles. The van der Waals surface area contributed by atoms with Gasteiger partial charge in [-0.2, -0.15) is 0 Å². The number of hydrogen-bond donors (Lipinski definition) is 2. The summed E-state index contributed by atoms with van der Waals surface area (Å²) in [6.07, 6.45) is 0.182. The van der Waals surface area contributed by atoms with E-state index in [0.29, 0.717) is 16.3 Å². The number of halogens is 1. The molecular weight excluding hydrogens is 364 g/mol. The maximum Gasteiger partial charge on any atom is 0.240 e. The molecule has 0 aliphatic heterocycles. The first-order chi connectivity index (χ1) is 11.9. The predicted molar refractivity (Wildman–Crippen MR) is 96.1 cm³/mol. The molecule has 0 fully saturated rings. The van der Waals surface area contributed by atoms with Crippen LogP contribution in [0.2, 0.25) is 5.02 Å². The molecule has 0 bridgehead atoms. The number of nitrogens with one attached hydrogen (secondary N) is 2. The first kappa shape index (κ1) is 19.2. The molecule has 2 rings (SSSR count). The zero-order valence-electron chi connectivity index (χ0n) is 13.7. The summed E-state index contributed by atoms with van der Waals surface area (Å²) in [6, 6.07) is 13.3. The van der Waals surface area contributed by atoms with Gasteiger partial charge in [0.2, 0.25) is 15.9 Å². The van der Waals surface area contributed by atoms with Crippen LogP contribution in [0.4, 0.5) is 0 Å². The average Bonchev–Trinajstić information content (AvgIpc) is 2.60. The van der Waals surface area contributed by atoms with E-state index in [4.69, 9.17) is 16.3 Å². The molecule has 2 N–H and O–H groups in total. The molecule has 0 aliphatic carbocycles. The van der Waals surface area contributed by atoms with Crippen molar-refractivity contribution >= 4 is 27.5 Å². The largest absolute Gasteiger partial charge is 0.493 e. The maximum absolute atomic E-state index is 11.9. The van der Waals surface area contributed by atoms with Crippen LogP contribution in [0.25, 0.3) is 0 Å². The van der Waals surface area contributed by atoms with Gasteiger partial charge in [-0.1, -0.05) is 29.8 Å². The number of sulfonamides is 1. The number of rotatable bonds is 8. The molecule has 0 radical (unpaired) electrons. The standard InChI is InChI=1S/C17H19ClN2O4S/c1-19-25(22,23)16-7-2-4-13(10-16)12-20-17(21)8-9-24-15-6-3-5-14(18)11-15/h2-7,10-11,19H,8-9,12H2,1H3,(H,20,21). The Morgan fingerprint density at radius 3 is 2.64 bits per heavy atom. The molecule has 0 unspecified atom stereocenters. The second-order valence-corrected chi connectivity index (χ2v) is 7.51. The number of hydrogen-bond acceptors (Lipinski definition) is 4. The quantitative estimate of drug-likeness (QED) is 0.733. The van der Waals surface area contributed by atoms with Gasteiger partial charge < -0.3 is 10.1 Å². The number of ether oxygens (including phenoxy) is 1. The first-order valence-electron chi connectivity index (χ1n) is 7.58. The fraction of sp³-hybridized carbons (Fsp3) is 0.235. The summed E-state index contributed by atoms with van der Waals surface area (Å²) in [5.74, 6) is 0.411. The number of carbonyl (C=O) groups is 1. The van der Waals surface area contributed by atoms with E-state index in [9.17, 15) is 13.2 Å². The lowest BCUT2D eigenvalue weighted by molar-refractivity contribution is -0.121. The van der Waals surface area contributed by atoms with E-state index in [-0.39, 0.29) is 30.4 Å². The summed E-state index contributed by atoms with van der Waals surface area (Å²) in [5.41, 5.74) is 0.695. The second kappa shape index (κ2) is 8.84. The summed E-state index contributed by atoms with van der Waals surface area (Å²) in [6.45, 7) is 0.462. The molecule has 25 heavy (non-hydrogen) atoms. The molecule has 1 amide bonds. The monoisotopic (exact) mass is 382 g/mol. The Labute approximate surface area is 152 Å². The number of amides is 1. The molecule has 0 aliphatic rings. The Morgan fingerprint density at radius 1 is 1.16 bits per heavy atom. The van der Waals surface area contributed by atoms with Crippen LogP contribution in [-0.4, -0.2) is 28.0 Å². The van der Waals surface area contributed by atoms with E-state index in [0.717, 1.165) is 0 Å².